The Morgan fingerprint density at radius 1 is 1.27 bits per heavy atom. The summed E-state index contributed by atoms with van der Waals surface area (Å²) in [6.45, 7) is 4.82. The Morgan fingerprint density at radius 2 is 1.91 bits per heavy atom. The number of hydrogen-bond donors (Lipinski definition) is 1. The van der Waals surface area contributed by atoms with Crippen molar-refractivity contribution in [2.45, 2.75) is 32.3 Å². The molecule has 0 unspecified atom stereocenters. The van der Waals surface area contributed by atoms with E-state index < -0.39 is 5.60 Å². The molecule has 22 heavy (non-hydrogen) atoms. The number of allylic oxidation sites excluding steroid dienone is 2. The van der Waals surface area contributed by atoms with Crippen LogP contribution in [0.15, 0.2) is 28.7 Å². The molecule has 0 aromatic carbocycles. The fourth-order valence-electron chi connectivity index (χ4n) is 3.07. The van der Waals surface area contributed by atoms with Gasteiger partial charge >= 0.3 is 0 Å². The van der Waals surface area contributed by atoms with Gasteiger partial charge in [-0.15, -0.1) is 0 Å². The molecule has 2 aliphatic rings. The molecule has 1 aromatic heterocycles. The first-order chi connectivity index (χ1) is 10.4. The molecule has 1 aliphatic carbocycles. The predicted octanol–water partition coefficient (Wildman–Crippen LogP) is 2.44. The lowest BCUT2D eigenvalue weighted by Crippen LogP contribution is -2.28. The van der Waals surface area contributed by atoms with Crippen LogP contribution in [0.3, 0.4) is 0 Å². The second-order valence-corrected chi connectivity index (χ2v) is 6.65. The van der Waals surface area contributed by atoms with Crippen LogP contribution in [0, 0.1) is 23.7 Å². The zero-order valence-corrected chi connectivity index (χ0v) is 13.0. The maximum atomic E-state index is 12.5. The maximum Gasteiger partial charge on any atom is 0.289 e. The zero-order valence-electron chi connectivity index (χ0n) is 13.0. The van der Waals surface area contributed by atoms with Gasteiger partial charge < -0.3 is 14.4 Å². The standard InChI is InChI=1S/C18H21NO3/c1-18(2,21)10-9-15-7-8-16(22-15)17(20)19-11-13-5-3-4-6-14(13)12-19/h3-4,7-8,13-14,21H,5-6,11-12H2,1-2H3/t13-,14+. The smallest absolute Gasteiger partial charge is 0.289 e. The second-order valence-electron chi connectivity index (χ2n) is 6.65. The highest BCUT2D eigenvalue weighted by Gasteiger charge is 2.36. The van der Waals surface area contributed by atoms with Gasteiger partial charge in [-0.2, -0.15) is 0 Å². The van der Waals surface area contributed by atoms with E-state index in [0.29, 0.717) is 23.4 Å². The van der Waals surface area contributed by atoms with E-state index in [1.54, 1.807) is 26.0 Å². The number of carbonyl (C=O) groups is 1. The van der Waals surface area contributed by atoms with Gasteiger partial charge in [0.15, 0.2) is 11.5 Å². The Morgan fingerprint density at radius 3 is 2.50 bits per heavy atom. The van der Waals surface area contributed by atoms with Crippen molar-refractivity contribution >= 4 is 5.91 Å². The third-order valence-corrected chi connectivity index (χ3v) is 4.22. The lowest BCUT2D eigenvalue weighted by molar-refractivity contribution is 0.0752. The molecule has 4 nitrogen and oxygen atoms in total. The van der Waals surface area contributed by atoms with Gasteiger partial charge in [0.2, 0.25) is 0 Å². The van der Waals surface area contributed by atoms with Crippen LogP contribution >= 0.6 is 0 Å². The molecule has 1 aliphatic heterocycles. The van der Waals surface area contributed by atoms with E-state index in [9.17, 15) is 9.90 Å². The van der Waals surface area contributed by atoms with Crippen molar-refractivity contribution in [2.75, 3.05) is 13.1 Å². The largest absolute Gasteiger partial charge is 0.443 e. The number of rotatable bonds is 1. The number of fused-ring (bicyclic) bond motifs is 1. The van der Waals surface area contributed by atoms with Crippen molar-refractivity contribution in [1.29, 1.82) is 0 Å². The topological polar surface area (TPSA) is 53.7 Å². The number of nitrogens with zero attached hydrogens (tertiary/aromatic N) is 1. The van der Waals surface area contributed by atoms with Crippen molar-refractivity contribution in [2.24, 2.45) is 11.8 Å². The molecular formula is C18H21NO3. The quantitative estimate of drug-likeness (QED) is 0.640. The van der Waals surface area contributed by atoms with E-state index in [4.69, 9.17) is 4.42 Å². The third-order valence-electron chi connectivity index (χ3n) is 4.22. The minimum absolute atomic E-state index is 0.0642. The lowest BCUT2D eigenvalue weighted by atomic mass is 9.86. The van der Waals surface area contributed by atoms with E-state index in [2.05, 4.69) is 24.0 Å². The monoisotopic (exact) mass is 299 g/mol. The Bertz CT molecular complexity index is 638. The van der Waals surface area contributed by atoms with Crippen molar-refractivity contribution in [1.82, 2.24) is 4.90 Å². The van der Waals surface area contributed by atoms with Crippen LogP contribution in [0.4, 0.5) is 0 Å². The summed E-state index contributed by atoms with van der Waals surface area (Å²) >= 11 is 0. The van der Waals surface area contributed by atoms with Crippen LogP contribution < -0.4 is 0 Å². The number of likely N-dealkylation sites (tertiary alicyclic amines) is 1. The minimum atomic E-state index is -1.07. The highest BCUT2D eigenvalue weighted by Crippen LogP contribution is 2.33. The third kappa shape index (κ3) is 3.26. The molecule has 0 spiro atoms. The van der Waals surface area contributed by atoms with Gasteiger partial charge in [-0.1, -0.05) is 18.1 Å². The average molecular weight is 299 g/mol. The molecule has 116 valence electrons. The molecule has 1 fully saturated rings. The molecule has 0 bridgehead atoms. The summed E-state index contributed by atoms with van der Waals surface area (Å²) in [4.78, 5) is 14.4. The molecular weight excluding hydrogens is 278 g/mol. The van der Waals surface area contributed by atoms with Gasteiger partial charge in [0.25, 0.3) is 5.91 Å². The second kappa shape index (κ2) is 5.66. The predicted molar refractivity (Wildman–Crippen MR) is 83.1 cm³/mol. The van der Waals surface area contributed by atoms with Crippen LogP contribution in [0.1, 0.15) is 43.0 Å². The highest BCUT2D eigenvalue weighted by molar-refractivity contribution is 5.91. The highest BCUT2D eigenvalue weighted by atomic mass is 16.4. The number of aliphatic hydroxyl groups is 1. The Balaban J connectivity index is 1.68. The summed E-state index contributed by atoms with van der Waals surface area (Å²) in [5.74, 6) is 7.26. The van der Waals surface area contributed by atoms with Gasteiger partial charge in [-0.05, 0) is 56.6 Å². The van der Waals surface area contributed by atoms with Crippen LogP contribution in [0.2, 0.25) is 0 Å². The van der Waals surface area contributed by atoms with Crippen molar-refractivity contribution in [3.05, 3.63) is 35.8 Å². The van der Waals surface area contributed by atoms with Crippen LogP contribution in [0.25, 0.3) is 0 Å². The van der Waals surface area contributed by atoms with Gasteiger partial charge in [0.1, 0.15) is 5.60 Å². The van der Waals surface area contributed by atoms with Crippen LogP contribution in [0.5, 0.6) is 0 Å². The fourth-order valence-corrected chi connectivity index (χ4v) is 3.07. The van der Waals surface area contributed by atoms with Crippen LogP contribution in [-0.2, 0) is 0 Å². The fraction of sp³-hybridized carbons (Fsp3) is 0.500. The zero-order chi connectivity index (χ0) is 15.7. The minimum Gasteiger partial charge on any atom is -0.443 e. The first-order valence-electron chi connectivity index (χ1n) is 7.72. The number of amides is 1. The van der Waals surface area contributed by atoms with E-state index in [-0.39, 0.29) is 5.91 Å². The molecule has 0 saturated carbocycles. The van der Waals surface area contributed by atoms with Gasteiger partial charge in [0, 0.05) is 13.1 Å². The molecule has 3 rings (SSSR count). The maximum absolute atomic E-state index is 12.5. The summed E-state index contributed by atoms with van der Waals surface area (Å²) < 4.78 is 5.52. The summed E-state index contributed by atoms with van der Waals surface area (Å²) in [6, 6.07) is 3.34. The first-order valence-corrected chi connectivity index (χ1v) is 7.72. The molecule has 1 amide bonds. The van der Waals surface area contributed by atoms with Crippen molar-refractivity contribution < 1.29 is 14.3 Å². The summed E-state index contributed by atoms with van der Waals surface area (Å²) in [5, 5.41) is 9.59. The normalized spacial score (nSPS) is 23.9. The van der Waals surface area contributed by atoms with E-state index in [1.807, 2.05) is 4.90 Å². The van der Waals surface area contributed by atoms with E-state index in [0.717, 1.165) is 25.9 Å². The van der Waals surface area contributed by atoms with Gasteiger partial charge in [-0.25, -0.2) is 0 Å². The molecule has 1 saturated heterocycles. The molecule has 0 radical (unpaired) electrons. The Labute approximate surface area is 130 Å². The SMILES string of the molecule is CC(C)(O)C#Cc1ccc(C(=O)N2C[C@H]3CC=CC[C@H]3C2)o1. The average Bonchev–Trinajstić information content (AvgIpc) is 3.10. The first kappa shape index (κ1) is 14.9. The number of carbonyl (C=O) groups excluding carboxylic acids is 1. The Hall–Kier alpha value is -1.99. The molecule has 1 N–H and O–H groups in total. The van der Waals surface area contributed by atoms with Crippen LogP contribution in [-0.4, -0.2) is 34.6 Å². The summed E-state index contributed by atoms with van der Waals surface area (Å²) in [5.41, 5.74) is -1.07. The molecule has 2 heterocycles. The number of furan rings is 1. The van der Waals surface area contributed by atoms with Gasteiger partial charge in [0.05, 0.1) is 0 Å². The summed E-state index contributed by atoms with van der Waals surface area (Å²) in [7, 11) is 0. The molecule has 4 heteroatoms. The molecule has 1 aromatic rings. The Kier molecular flexibility index (Phi) is 3.84. The summed E-state index contributed by atoms with van der Waals surface area (Å²) in [6.07, 6.45) is 6.56. The van der Waals surface area contributed by atoms with Crippen molar-refractivity contribution in [3.8, 4) is 11.8 Å². The number of hydrogen-bond acceptors (Lipinski definition) is 3. The lowest BCUT2D eigenvalue weighted by Gasteiger charge is -2.17. The molecule has 2 atom stereocenters. The van der Waals surface area contributed by atoms with Crippen molar-refractivity contribution in [3.63, 3.8) is 0 Å². The van der Waals surface area contributed by atoms with E-state index >= 15 is 0 Å². The van der Waals surface area contributed by atoms with E-state index in [1.165, 1.54) is 0 Å². The van der Waals surface area contributed by atoms with Gasteiger partial charge in [-0.3, -0.25) is 4.79 Å².